The first kappa shape index (κ1) is 17.0. The van der Waals surface area contributed by atoms with Gasteiger partial charge in [0, 0.05) is 61.6 Å². The SMILES string of the molecule is CN=C/C(=C\N)c1ccc(-c2cn3ccc(C4=NCCCN4)cc3n2)cc1. The number of imidazole rings is 1. The predicted molar refractivity (Wildman–Crippen MR) is 111 cm³/mol. The molecule has 0 atom stereocenters. The Labute approximate surface area is 158 Å². The summed E-state index contributed by atoms with van der Waals surface area (Å²) in [5.74, 6) is 0.955. The molecule has 0 fully saturated rings. The predicted octanol–water partition coefficient (Wildman–Crippen LogP) is 2.74. The number of rotatable bonds is 4. The van der Waals surface area contributed by atoms with Crippen LogP contribution in [0.2, 0.25) is 0 Å². The maximum absolute atomic E-state index is 5.68. The Kier molecular flexibility index (Phi) is 4.70. The molecule has 0 amide bonds. The van der Waals surface area contributed by atoms with Crippen LogP contribution in [0.1, 0.15) is 17.5 Å². The molecular weight excluding hydrogens is 336 g/mol. The van der Waals surface area contributed by atoms with E-state index in [1.165, 1.54) is 0 Å². The third kappa shape index (κ3) is 3.46. The first-order chi connectivity index (χ1) is 13.3. The van der Waals surface area contributed by atoms with E-state index in [-0.39, 0.29) is 0 Å². The Bertz CT molecular complexity index is 1040. The molecule has 1 aliphatic rings. The summed E-state index contributed by atoms with van der Waals surface area (Å²) in [5, 5.41) is 3.36. The number of aliphatic imine (C=N–C) groups is 2. The number of fused-ring (bicyclic) bond motifs is 1. The minimum Gasteiger partial charge on any atom is -0.404 e. The van der Waals surface area contributed by atoms with Crippen LogP contribution in [0.5, 0.6) is 0 Å². The van der Waals surface area contributed by atoms with Crippen LogP contribution in [0.25, 0.3) is 22.5 Å². The maximum Gasteiger partial charge on any atom is 0.138 e. The molecule has 0 aliphatic carbocycles. The van der Waals surface area contributed by atoms with E-state index in [0.29, 0.717) is 0 Å². The quantitative estimate of drug-likeness (QED) is 0.704. The Hall–Kier alpha value is -3.41. The standard InChI is InChI=1S/C21H22N6/c1-23-13-18(12-22)15-3-5-16(6-4-15)19-14-27-10-7-17(11-20(27)26-19)21-24-8-2-9-25-21/h3-7,10-14H,2,8-9,22H2,1H3,(H,24,25)/b18-12+,23-13?. The molecule has 6 nitrogen and oxygen atoms in total. The number of aromatic nitrogens is 2. The van der Waals surface area contributed by atoms with Crippen LogP contribution in [0, 0.1) is 0 Å². The van der Waals surface area contributed by atoms with Crippen molar-refractivity contribution in [1.29, 1.82) is 0 Å². The molecule has 1 aromatic carbocycles. The van der Waals surface area contributed by atoms with Gasteiger partial charge in [-0.05, 0) is 24.1 Å². The van der Waals surface area contributed by atoms with Crippen LogP contribution in [0.15, 0.2) is 65.0 Å². The lowest BCUT2D eigenvalue weighted by Crippen LogP contribution is -2.30. The summed E-state index contributed by atoms with van der Waals surface area (Å²) in [6, 6.07) is 12.3. The lowest BCUT2D eigenvalue weighted by molar-refractivity contribution is 0.742. The zero-order valence-electron chi connectivity index (χ0n) is 15.3. The number of hydrogen-bond acceptors (Lipinski definition) is 5. The molecule has 0 radical (unpaired) electrons. The molecule has 0 bridgehead atoms. The smallest absolute Gasteiger partial charge is 0.138 e. The normalized spacial score (nSPS) is 15.1. The molecular formula is C21H22N6. The highest BCUT2D eigenvalue weighted by Crippen LogP contribution is 2.22. The van der Waals surface area contributed by atoms with E-state index < -0.39 is 0 Å². The molecule has 0 spiro atoms. The third-order valence-electron chi connectivity index (χ3n) is 4.59. The molecule has 1 aliphatic heterocycles. The number of pyridine rings is 1. The number of nitrogens with zero attached hydrogens (tertiary/aromatic N) is 4. The molecule has 4 rings (SSSR count). The third-order valence-corrected chi connectivity index (χ3v) is 4.59. The minimum atomic E-state index is 0.877. The summed E-state index contributed by atoms with van der Waals surface area (Å²) in [5.41, 5.74) is 11.6. The summed E-state index contributed by atoms with van der Waals surface area (Å²) in [7, 11) is 1.73. The summed E-state index contributed by atoms with van der Waals surface area (Å²) >= 11 is 0. The number of benzene rings is 1. The van der Waals surface area contributed by atoms with Crippen molar-refractivity contribution in [2.75, 3.05) is 20.1 Å². The second-order valence-electron chi connectivity index (χ2n) is 6.40. The summed E-state index contributed by atoms with van der Waals surface area (Å²) < 4.78 is 2.03. The number of allylic oxidation sites excluding steroid dienone is 1. The topological polar surface area (TPSA) is 80.1 Å². The Balaban J connectivity index is 1.65. The van der Waals surface area contributed by atoms with Gasteiger partial charge in [-0.3, -0.25) is 9.98 Å². The van der Waals surface area contributed by atoms with E-state index >= 15 is 0 Å². The average Bonchev–Trinajstić information content (AvgIpc) is 3.16. The van der Waals surface area contributed by atoms with Crippen LogP contribution in [-0.2, 0) is 0 Å². The first-order valence-electron chi connectivity index (χ1n) is 9.01. The minimum absolute atomic E-state index is 0.877. The highest BCUT2D eigenvalue weighted by atomic mass is 15.0. The molecule has 0 unspecified atom stereocenters. The van der Waals surface area contributed by atoms with Gasteiger partial charge in [0.1, 0.15) is 11.5 Å². The number of nitrogens with one attached hydrogen (secondary N) is 1. The van der Waals surface area contributed by atoms with Gasteiger partial charge in [-0.25, -0.2) is 4.98 Å². The molecule has 6 heteroatoms. The van der Waals surface area contributed by atoms with Gasteiger partial charge in [-0.15, -0.1) is 0 Å². The van der Waals surface area contributed by atoms with Gasteiger partial charge in [-0.1, -0.05) is 24.3 Å². The van der Waals surface area contributed by atoms with E-state index in [9.17, 15) is 0 Å². The largest absolute Gasteiger partial charge is 0.404 e. The van der Waals surface area contributed by atoms with Crippen molar-refractivity contribution in [3.63, 3.8) is 0 Å². The van der Waals surface area contributed by atoms with Crippen LogP contribution < -0.4 is 11.1 Å². The van der Waals surface area contributed by atoms with E-state index in [2.05, 4.69) is 39.6 Å². The van der Waals surface area contributed by atoms with E-state index in [4.69, 9.17) is 10.7 Å². The summed E-state index contributed by atoms with van der Waals surface area (Å²) in [4.78, 5) is 13.4. The van der Waals surface area contributed by atoms with E-state index in [1.54, 1.807) is 19.5 Å². The van der Waals surface area contributed by atoms with Gasteiger partial charge in [0.2, 0.25) is 0 Å². The maximum atomic E-state index is 5.68. The number of hydrogen-bond donors (Lipinski definition) is 2. The molecule has 2 aromatic heterocycles. The van der Waals surface area contributed by atoms with Gasteiger partial charge in [-0.2, -0.15) is 0 Å². The highest BCUT2D eigenvalue weighted by Gasteiger charge is 2.10. The van der Waals surface area contributed by atoms with Crippen molar-refractivity contribution in [2.45, 2.75) is 6.42 Å². The van der Waals surface area contributed by atoms with Gasteiger partial charge in [0.05, 0.1) is 5.69 Å². The first-order valence-corrected chi connectivity index (χ1v) is 9.01. The van der Waals surface area contributed by atoms with E-state index in [0.717, 1.165) is 59.0 Å². The second-order valence-corrected chi connectivity index (χ2v) is 6.40. The van der Waals surface area contributed by atoms with E-state index in [1.807, 2.05) is 28.9 Å². The molecule has 0 saturated carbocycles. The second kappa shape index (κ2) is 7.45. The summed E-state index contributed by atoms with van der Waals surface area (Å²) in [6.07, 6.45) is 8.47. The van der Waals surface area contributed by atoms with Crippen molar-refractivity contribution >= 4 is 23.3 Å². The van der Waals surface area contributed by atoms with Gasteiger partial charge in [0.15, 0.2) is 0 Å². The molecule has 0 saturated heterocycles. The van der Waals surface area contributed by atoms with Crippen LogP contribution >= 0.6 is 0 Å². The highest BCUT2D eigenvalue weighted by molar-refractivity contribution is 6.09. The number of amidine groups is 1. The van der Waals surface area contributed by atoms with Crippen LogP contribution in [0.4, 0.5) is 0 Å². The van der Waals surface area contributed by atoms with Gasteiger partial charge >= 0.3 is 0 Å². The lowest BCUT2D eigenvalue weighted by atomic mass is 10.0. The van der Waals surface area contributed by atoms with Crippen molar-refractivity contribution in [3.05, 3.63) is 66.1 Å². The Morgan fingerprint density at radius 3 is 2.78 bits per heavy atom. The van der Waals surface area contributed by atoms with Crippen molar-refractivity contribution < 1.29 is 0 Å². The Morgan fingerprint density at radius 2 is 2.07 bits per heavy atom. The van der Waals surface area contributed by atoms with Crippen molar-refractivity contribution in [2.24, 2.45) is 15.7 Å². The van der Waals surface area contributed by atoms with Gasteiger partial charge < -0.3 is 15.5 Å². The molecule has 3 N–H and O–H groups in total. The van der Waals surface area contributed by atoms with Crippen LogP contribution in [0.3, 0.4) is 0 Å². The zero-order chi connectivity index (χ0) is 18.6. The fourth-order valence-electron chi connectivity index (χ4n) is 3.18. The summed E-state index contributed by atoms with van der Waals surface area (Å²) in [6.45, 7) is 1.85. The average molecular weight is 358 g/mol. The van der Waals surface area contributed by atoms with Crippen molar-refractivity contribution in [1.82, 2.24) is 14.7 Å². The molecule has 3 heterocycles. The molecule has 136 valence electrons. The van der Waals surface area contributed by atoms with Crippen LogP contribution in [-0.4, -0.2) is 41.6 Å². The molecule has 3 aromatic rings. The number of nitrogens with two attached hydrogens (primary N) is 1. The zero-order valence-corrected chi connectivity index (χ0v) is 15.3. The monoisotopic (exact) mass is 358 g/mol. The lowest BCUT2D eigenvalue weighted by Gasteiger charge is -2.14. The van der Waals surface area contributed by atoms with Gasteiger partial charge in [0.25, 0.3) is 0 Å². The van der Waals surface area contributed by atoms with Crippen molar-refractivity contribution in [3.8, 4) is 11.3 Å². The Morgan fingerprint density at radius 1 is 1.22 bits per heavy atom. The fraction of sp³-hybridized carbons (Fsp3) is 0.190. The molecule has 27 heavy (non-hydrogen) atoms. The fourth-order valence-corrected chi connectivity index (χ4v) is 3.18.